The molecule has 0 fully saturated rings. The number of hydrogen-bond acceptors (Lipinski definition) is 3. The van der Waals surface area contributed by atoms with Crippen LogP contribution in [-0.2, 0) is 11.8 Å². The van der Waals surface area contributed by atoms with Crippen LogP contribution in [0.15, 0.2) is 4.52 Å². The van der Waals surface area contributed by atoms with E-state index in [0.717, 1.165) is 12.2 Å². The smallest absolute Gasteiger partial charge is 0.232 e. The molecule has 0 aliphatic heterocycles. The summed E-state index contributed by atoms with van der Waals surface area (Å²) in [4.78, 5) is 4.22. The Labute approximate surface area is 66.8 Å². The Hall–Kier alpha value is -0.860. The van der Waals surface area contributed by atoms with Gasteiger partial charge in [0.25, 0.3) is 0 Å². The van der Waals surface area contributed by atoms with Gasteiger partial charge in [0.15, 0.2) is 5.82 Å². The maximum atomic E-state index is 5.06. The van der Waals surface area contributed by atoms with E-state index in [4.69, 9.17) is 4.52 Å². The predicted octanol–water partition coefficient (Wildman–Crippen LogP) is 1.93. The van der Waals surface area contributed by atoms with Gasteiger partial charge in [0, 0.05) is 11.8 Å². The van der Waals surface area contributed by atoms with Crippen molar-refractivity contribution in [3.8, 4) is 0 Å². The summed E-state index contributed by atoms with van der Waals surface area (Å²) in [5.74, 6) is 1.50. The van der Waals surface area contributed by atoms with Crippen molar-refractivity contribution in [3.63, 3.8) is 0 Å². The second-order valence-electron chi connectivity index (χ2n) is 3.62. The minimum atomic E-state index is -0.0274. The quantitative estimate of drug-likeness (QED) is 0.620. The number of aryl methyl sites for hydroxylation is 1. The van der Waals surface area contributed by atoms with E-state index in [1.54, 1.807) is 0 Å². The van der Waals surface area contributed by atoms with Gasteiger partial charge in [0.05, 0.1) is 0 Å². The van der Waals surface area contributed by atoms with E-state index in [2.05, 4.69) is 30.9 Å². The van der Waals surface area contributed by atoms with E-state index in [0.29, 0.717) is 5.89 Å². The third kappa shape index (κ3) is 1.79. The fourth-order valence-corrected chi connectivity index (χ4v) is 0.702. The molecule has 0 aromatic carbocycles. The molecule has 0 aliphatic carbocycles. The first kappa shape index (κ1) is 8.24. The molecule has 0 saturated heterocycles. The molecule has 0 aliphatic rings. The molecule has 1 aromatic rings. The zero-order valence-corrected chi connectivity index (χ0v) is 7.51. The zero-order chi connectivity index (χ0) is 8.48. The molecule has 0 amide bonds. The molecule has 1 heterocycles. The fourth-order valence-electron chi connectivity index (χ4n) is 0.702. The van der Waals surface area contributed by atoms with Crippen LogP contribution in [0.25, 0.3) is 0 Å². The molecule has 62 valence electrons. The molecule has 0 N–H and O–H groups in total. The molecule has 0 unspecified atom stereocenters. The summed E-state index contributed by atoms with van der Waals surface area (Å²) >= 11 is 0. The van der Waals surface area contributed by atoms with Crippen LogP contribution in [0.5, 0.6) is 0 Å². The molecule has 1 aromatic heterocycles. The van der Waals surface area contributed by atoms with Crippen LogP contribution in [0.4, 0.5) is 0 Å². The van der Waals surface area contributed by atoms with Crippen LogP contribution in [0.1, 0.15) is 39.4 Å². The maximum absolute atomic E-state index is 5.06. The highest BCUT2D eigenvalue weighted by Gasteiger charge is 2.20. The molecule has 11 heavy (non-hydrogen) atoms. The minimum Gasteiger partial charge on any atom is -0.339 e. The average Bonchev–Trinajstić information content (AvgIpc) is 2.32. The molecule has 1 rings (SSSR count). The zero-order valence-electron chi connectivity index (χ0n) is 7.51. The fraction of sp³-hybridized carbons (Fsp3) is 0.750. The van der Waals surface area contributed by atoms with Gasteiger partial charge < -0.3 is 4.52 Å². The highest BCUT2D eigenvalue weighted by molar-refractivity contribution is 4.97. The van der Waals surface area contributed by atoms with Crippen molar-refractivity contribution in [2.24, 2.45) is 0 Å². The van der Waals surface area contributed by atoms with E-state index < -0.39 is 0 Å². The van der Waals surface area contributed by atoms with Crippen molar-refractivity contribution < 1.29 is 4.52 Å². The molecule has 0 radical (unpaired) electrons. The van der Waals surface area contributed by atoms with Crippen molar-refractivity contribution in [1.29, 1.82) is 0 Å². The average molecular weight is 154 g/mol. The van der Waals surface area contributed by atoms with Crippen molar-refractivity contribution in [3.05, 3.63) is 11.7 Å². The lowest BCUT2D eigenvalue weighted by molar-refractivity contribution is 0.318. The van der Waals surface area contributed by atoms with E-state index in [-0.39, 0.29) is 5.41 Å². The topological polar surface area (TPSA) is 38.9 Å². The van der Waals surface area contributed by atoms with Crippen molar-refractivity contribution in [2.45, 2.75) is 39.5 Å². The normalized spacial score (nSPS) is 12.0. The number of hydrogen-bond donors (Lipinski definition) is 0. The summed E-state index contributed by atoms with van der Waals surface area (Å²) in [5, 5.41) is 3.82. The van der Waals surface area contributed by atoms with Gasteiger partial charge in [0.2, 0.25) is 5.89 Å². The largest absolute Gasteiger partial charge is 0.339 e. The molecule has 0 atom stereocenters. The van der Waals surface area contributed by atoms with E-state index in [1.165, 1.54) is 0 Å². The maximum Gasteiger partial charge on any atom is 0.232 e. The van der Waals surface area contributed by atoms with E-state index in [9.17, 15) is 0 Å². The van der Waals surface area contributed by atoms with Crippen LogP contribution in [-0.4, -0.2) is 10.1 Å². The molecule has 3 heteroatoms. The second-order valence-corrected chi connectivity index (χ2v) is 3.62. The Kier molecular flexibility index (Phi) is 1.98. The van der Waals surface area contributed by atoms with Crippen molar-refractivity contribution in [2.75, 3.05) is 0 Å². The Morgan fingerprint density at radius 1 is 1.36 bits per heavy atom. The van der Waals surface area contributed by atoms with Gasteiger partial charge in [-0.1, -0.05) is 32.9 Å². The van der Waals surface area contributed by atoms with Gasteiger partial charge in [-0.15, -0.1) is 0 Å². The summed E-state index contributed by atoms with van der Waals surface area (Å²) in [6.45, 7) is 8.18. The first-order chi connectivity index (χ1) is 5.04. The highest BCUT2D eigenvalue weighted by atomic mass is 16.5. The van der Waals surface area contributed by atoms with Crippen molar-refractivity contribution in [1.82, 2.24) is 10.1 Å². The molecule has 3 nitrogen and oxygen atoms in total. The summed E-state index contributed by atoms with van der Waals surface area (Å²) in [6, 6.07) is 0. The standard InChI is InChI=1S/C8H14N2O/c1-5-6-9-7(11-10-6)8(2,3)4/h5H2,1-4H3. The Morgan fingerprint density at radius 2 is 2.00 bits per heavy atom. The number of rotatable bonds is 1. The molecule has 0 saturated carbocycles. The first-order valence-corrected chi connectivity index (χ1v) is 3.87. The van der Waals surface area contributed by atoms with Gasteiger partial charge in [-0.25, -0.2) is 0 Å². The predicted molar refractivity (Wildman–Crippen MR) is 42.4 cm³/mol. The summed E-state index contributed by atoms with van der Waals surface area (Å²) in [7, 11) is 0. The molecular weight excluding hydrogens is 140 g/mol. The van der Waals surface area contributed by atoms with Gasteiger partial charge in [-0.05, 0) is 0 Å². The molecule has 0 bridgehead atoms. The van der Waals surface area contributed by atoms with Crippen LogP contribution in [0, 0.1) is 0 Å². The highest BCUT2D eigenvalue weighted by Crippen LogP contribution is 2.19. The lowest BCUT2D eigenvalue weighted by Crippen LogP contribution is -2.11. The third-order valence-electron chi connectivity index (χ3n) is 1.43. The van der Waals surface area contributed by atoms with E-state index >= 15 is 0 Å². The second kappa shape index (κ2) is 2.64. The summed E-state index contributed by atoms with van der Waals surface area (Å²) in [5.41, 5.74) is -0.0274. The van der Waals surface area contributed by atoms with Crippen LogP contribution >= 0.6 is 0 Å². The third-order valence-corrected chi connectivity index (χ3v) is 1.43. The van der Waals surface area contributed by atoms with Gasteiger partial charge in [-0.3, -0.25) is 0 Å². The molecular formula is C8H14N2O. The lowest BCUT2D eigenvalue weighted by Gasteiger charge is -2.10. The lowest BCUT2D eigenvalue weighted by atomic mass is 9.97. The van der Waals surface area contributed by atoms with Gasteiger partial charge >= 0.3 is 0 Å². The van der Waals surface area contributed by atoms with Crippen molar-refractivity contribution >= 4 is 0 Å². The Morgan fingerprint density at radius 3 is 2.27 bits per heavy atom. The number of aromatic nitrogens is 2. The van der Waals surface area contributed by atoms with E-state index in [1.807, 2.05) is 6.92 Å². The Bertz CT molecular complexity index is 234. The number of nitrogens with zero attached hydrogens (tertiary/aromatic N) is 2. The minimum absolute atomic E-state index is 0.0274. The van der Waals surface area contributed by atoms with Crippen LogP contribution in [0.2, 0.25) is 0 Å². The monoisotopic (exact) mass is 154 g/mol. The summed E-state index contributed by atoms with van der Waals surface area (Å²) in [6.07, 6.45) is 0.833. The SMILES string of the molecule is CCc1noc(C(C)(C)C)n1. The van der Waals surface area contributed by atoms with Gasteiger partial charge in [-0.2, -0.15) is 4.98 Å². The van der Waals surface area contributed by atoms with Crippen LogP contribution < -0.4 is 0 Å². The van der Waals surface area contributed by atoms with Gasteiger partial charge in [0.1, 0.15) is 0 Å². The van der Waals surface area contributed by atoms with Crippen LogP contribution in [0.3, 0.4) is 0 Å². The first-order valence-electron chi connectivity index (χ1n) is 3.87. The Balaban J connectivity index is 2.89. The summed E-state index contributed by atoms with van der Waals surface area (Å²) < 4.78 is 5.06. The molecule has 0 spiro atoms.